The molecular formula is C11H13NO2S. The van der Waals surface area contributed by atoms with Gasteiger partial charge in [0.1, 0.15) is 0 Å². The molecule has 2 rings (SSSR count). The lowest BCUT2D eigenvalue weighted by atomic mass is 10.1. The van der Waals surface area contributed by atoms with E-state index in [2.05, 4.69) is 6.07 Å². The van der Waals surface area contributed by atoms with Crippen LogP contribution in [-0.4, -0.2) is 13.2 Å². The molecule has 0 spiro atoms. The minimum atomic E-state index is -0.564. The van der Waals surface area contributed by atoms with E-state index < -0.39 is 5.79 Å². The van der Waals surface area contributed by atoms with E-state index >= 15 is 0 Å². The second kappa shape index (κ2) is 4.75. The molecule has 0 aliphatic carbocycles. The molecule has 4 heteroatoms. The van der Waals surface area contributed by atoms with Crippen molar-refractivity contribution >= 4 is 11.3 Å². The molecule has 1 saturated heterocycles. The summed E-state index contributed by atoms with van der Waals surface area (Å²) in [6, 6.07) is 6.17. The molecule has 0 radical (unpaired) electrons. The molecule has 0 unspecified atom stereocenters. The van der Waals surface area contributed by atoms with Crippen LogP contribution < -0.4 is 0 Å². The number of hydrogen-bond donors (Lipinski definition) is 0. The highest BCUT2D eigenvalue weighted by Gasteiger charge is 2.38. The summed E-state index contributed by atoms with van der Waals surface area (Å²) >= 11 is 1.64. The number of hydrogen-bond acceptors (Lipinski definition) is 4. The first-order valence-electron chi connectivity index (χ1n) is 5.06. The number of ether oxygens (including phenoxy) is 2. The van der Waals surface area contributed by atoms with Crippen molar-refractivity contribution < 1.29 is 9.47 Å². The molecule has 1 fully saturated rings. The standard InChI is InChI=1S/C11H13NO2S/c12-6-2-1-5-11(13-7-8-14-11)10-4-3-9-15-10/h3-4,9H,1-2,5,7-8H2. The molecule has 1 aliphatic heterocycles. The SMILES string of the molecule is N#CCCCC1(c2cccs2)OCCO1. The molecule has 0 amide bonds. The van der Waals surface area contributed by atoms with Gasteiger partial charge in [-0.1, -0.05) is 6.07 Å². The number of nitriles is 1. The van der Waals surface area contributed by atoms with Crippen LogP contribution in [-0.2, 0) is 15.3 Å². The zero-order chi connectivity index (χ0) is 10.6. The Labute approximate surface area is 93.2 Å². The van der Waals surface area contributed by atoms with Crippen molar-refractivity contribution in [3.8, 4) is 6.07 Å². The topological polar surface area (TPSA) is 42.2 Å². The van der Waals surface area contributed by atoms with Gasteiger partial charge in [-0.3, -0.25) is 0 Å². The van der Waals surface area contributed by atoms with Crippen LogP contribution in [0, 0.1) is 11.3 Å². The van der Waals surface area contributed by atoms with E-state index in [9.17, 15) is 0 Å². The Kier molecular flexibility index (Phi) is 3.37. The maximum Gasteiger partial charge on any atom is 0.204 e. The van der Waals surface area contributed by atoms with Crippen molar-refractivity contribution in [3.63, 3.8) is 0 Å². The summed E-state index contributed by atoms with van der Waals surface area (Å²) in [5.74, 6) is -0.564. The van der Waals surface area contributed by atoms with Crippen LogP contribution in [0.15, 0.2) is 17.5 Å². The highest BCUT2D eigenvalue weighted by Crippen LogP contribution is 2.38. The normalized spacial score (nSPS) is 18.9. The molecule has 0 bridgehead atoms. The molecule has 15 heavy (non-hydrogen) atoms. The molecule has 80 valence electrons. The molecule has 3 nitrogen and oxygen atoms in total. The second-order valence-electron chi connectivity index (χ2n) is 3.44. The van der Waals surface area contributed by atoms with Crippen molar-refractivity contribution in [1.29, 1.82) is 5.26 Å². The summed E-state index contributed by atoms with van der Waals surface area (Å²) in [7, 11) is 0. The van der Waals surface area contributed by atoms with Gasteiger partial charge >= 0.3 is 0 Å². The smallest absolute Gasteiger partial charge is 0.204 e. The average molecular weight is 223 g/mol. The molecular weight excluding hydrogens is 210 g/mol. The predicted molar refractivity (Wildman–Crippen MR) is 57.4 cm³/mol. The predicted octanol–water partition coefficient (Wildman–Crippen LogP) is 2.64. The first-order chi connectivity index (χ1) is 7.37. The minimum absolute atomic E-state index is 0.555. The maximum atomic E-state index is 8.53. The maximum absolute atomic E-state index is 8.53. The second-order valence-corrected chi connectivity index (χ2v) is 4.39. The van der Waals surface area contributed by atoms with Gasteiger partial charge < -0.3 is 9.47 Å². The first kappa shape index (κ1) is 10.6. The number of rotatable bonds is 4. The summed E-state index contributed by atoms with van der Waals surface area (Å²) in [5.41, 5.74) is 0. The number of nitrogens with zero attached hydrogens (tertiary/aromatic N) is 1. The van der Waals surface area contributed by atoms with E-state index in [1.165, 1.54) is 0 Å². The van der Waals surface area contributed by atoms with Gasteiger partial charge in [0.15, 0.2) is 0 Å². The Bertz CT molecular complexity index is 336. The number of unbranched alkanes of at least 4 members (excludes halogenated alkanes) is 1. The van der Waals surface area contributed by atoms with Gasteiger partial charge in [0.25, 0.3) is 0 Å². The van der Waals surface area contributed by atoms with Crippen molar-refractivity contribution in [3.05, 3.63) is 22.4 Å². The van der Waals surface area contributed by atoms with E-state index in [4.69, 9.17) is 14.7 Å². The van der Waals surface area contributed by atoms with Crippen molar-refractivity contribution in [2.45, 2.75) is 25.0 Å². The van der Waals surface area contributed by atoms with E-state index in [0.29, 0.717) is 19.6 Å². The highest BCUT2D eigenvalue weighted by molar-refractivity contribution is 7.10. The molecule has 2 heterocycles. The molecule has 0 aromatic carbocycles. The van der Waals surface area contributed by atoms with Crippen LogP contribution in [0.4, 0.5) is 0 Å². The monoisotopic (exact) mass is 223 g/mol. The Morgan fingerprint density at radius 1 is 1.47 bits per heavy atom. The molecule has 1 aromatic heterocycles. The third kappa shape index (κ3) is 2.20. The summed E-state index contributed by atoms with van der Waals surface area (Å²) < 4.78 is 11.4. The first-order valence-corrected chi connectivity index (χ1v) is 5.94. The van der Waals surface area contributed by atoms with Crippen LogP contribution in [0.1, 0.15) is 24.1 Å². The van der Waals surface area contributed by atoms with Gasteiger partial charge in [0, 0.05) is 12.8 Å². The van der Waals surface area contributed by atoms with Gasteiger partial charge in [-0.25, -0.2) is 0 Å². The summed E-state index contributed by atoms with van der Waals surface area (Å²) in [4.78, 5) is 1.11. The van der Waals surface area contributed by atoms with Gasteiger partial charge in [-0.15, -0.1) is 11.3 Å². The average Bonchev–Trinajstić information content (AvgIpc) is 2.89. The van der Waals surface area contributed by atoms with E-state index in [-0.39, 0.29) is 0 Å². The van der Waals surface area contributed by atoms with Crippen LogP contribution in [0.5, 0.6) is 0 Å². The quantitative estimate of drug-likeness (QED) is 0.737. The third-order valence-corrected chi connectivity index (χ3v) is 3.44. The van der Waals surface area contributed by atoms with E-state index in [1.807, 2.05) is 17.5 Å². The Balaban J connectivity index is 2.08. The lowest BCUT2D eigenvalue weighted by Gasteiger charge is -2.25. The molecule has 1 aliphatic rings. The lowest BCUT2D eigenvalue weighted by Crippen LogP contribution is -2.25. The summed E-state index contributed by atoms with van der Waals surface area (Å²) in [6.45, 7) is 1.29. The van der Waals surface area contributed by atoms with Gasteiger partial charge in [-0.2, -0.15) is 5.26 Å². The Morgan fingerprint density at radius 3 is 2.87 bits per heavy atom. The van der Waals surface area contributed by atoms with Gasteiger partial charge in [0.05, 0.1) is 24.2 Å². The van der Waals surface area contributed by atoms with Gasteiger partial charge in [0.2, 0.25) is 5.79 Å². The van der Waals surface area contributed by atoms with Crippen LogP contribution in [0.2, 0.25) is 0 Å². The van der Waals surface area contributed by atoms with E-state index in [1.54, 1.807) is 11.3 Å². The Hall–Kier alpha value is -0.890. The minimum Gasteiger partial charge on any atom is -0.343 e. The fourth-order valence-corrected chi connectivity index (χ4v) is 2.62. The van der Waals surface area contributed by atoms with Crippen molar-refractivity contribution in [2.24, 2.45) is 0 Å². The van der Waals surface area contributed by atoms with Crippen LogP contribution in [0.3, 0.4) is 0 Å². The molecule has 0 saturated carbocycles. The largest absolute Gasteiger partial charge is 0.343 e. The van der Waals surface area contributed by atoms with Gasteiger partial charge in [-0.05, 0) is 17.9 Å². The zero-order valence-electron chi connectivity index (χ0n) is 8.44. The third-order valence-electron chi connectivity index (χ3n) is 2.44. The number of thiophene rings is 1. The molecule has 0 atom stereocenters. The molecule has 1 aromatic rings. The summed E-state index contributed by atoms with van der Waals surface area (Å²) in [6.07, 6.45) is 2.13. The summed E-state index contributed by atoms with van der Waals surface area (Å²) in [5, 5.41) is 10.5. The fourth-order valence-electron chi connectivity index (χ4n) is 1.76. The van der Waals surface area contributed by atoms with Crippen molar-refractivity contribution in [2.75, 3.05) is 13.2 Å². The Morgan fingerprint density at radius 2 is 2.27 bits per heavy atom. The highest BCUT2D eigenvalue weighted by atomic mass is 32.1. The molecule has 0 N–H and O–H groups in total. The zero-order valence-corrected chi connectivity index (χ0v) is 9.26. The lowest BCUT2D eigenvalue weighted by molar-refractivity contribution is -0.168. The fraction of sp³-hybridized carbons (Fsp3) is 0.545. The van der Waals surface area contributed by atoms with E-state index in [0.717, 1.165) is 17.7 Å². The van der Waals surface area contributed by atoms with Crippen LogP contribution >= 0.6 is 11.3 Å². The van der Waals surface area contributed by atoms with Crippen molar-refractivity contribution in [1.82, 2.24) is 0 Å². The van der Waals surface area contributed by atoms with Crippen LogP contribution in [0.25, 0.3) is 0 Å².